The second-order valence-electron chi connectivity index (χ2n) is 4.00. The van der Waals surface area contributed by atoms with E-state index < -0.39 is 0 Å². The fourth-order valence-corrected chi connectivity index (χ4v) is 1.82. The smallest absolute Gasteiger partial charge is 0.186 e. The summed E-state index contributed by atoms with van der Waals surface area (Å²) in [6.45, 7) is 4.11. The SMILES string of the molecule is CCCc1c(C#N)nnn1-c1cccc(C)c1. The summed E-state index contributed by atoms with van der Waals surface area (Å²) < 4.78 is 1.76. The standard InChI is InChI=1S/C13H14N4/c1-3-5-13-12(9-14)15-16-17(13)11-7-4-6-10(2)8-11/h4,6-8H,3,5H2,1-2H3. The zero-order valence-corrected chi connectivity index (χ0v) is 10.0. The Hall–Kier alpha value is -2.15. The minimum Gasteiger partial charge on any atom is -0.216 e. The summed E-state index contributed by atoms with van der Waals surface area (Å²) in [6.07, 6.45) is 1.78. The third-order valence-electron chi connectivity index (χ3n) is 2.60. The lowest BCUT2D eigenvalue weighted by Gasteiger charge is -2.06. The van der Waals surface area contributed by atoms with Crippen LogP contribution in [0.3, 0.4) is 0 Å². The summed E-state index contributed by atoms with van der Waals surface area (Å²) in [4.78, 5) is 0. The van der Waals surface area contributed by atoms with Crippen molar-refractivity contribution in [2.75, 3.05) is 0 Å². The van der Waals surface area contributed by atoms with Crippen LogP contribution in [0.4, 0.5) is 0 Å². The van der Waals surface area contributed by atoms with E-state index in [1.165, 1.54) is 5.56 Å². The van der Waals surface area contributed by atoms with Crippen molar-refractivity contribution in [2.45, 2.75) is 26.7 Å². The summed E-state index contributed by atoms with van der Waals surface area (Å²) in [5.41, 5.74) is 3.44. The summed E-state index contributed by atoms with van der Waals surface area (Å²) in [5.74, 6) is 0. The lowest BCUT2D eigenvalue weighted by molar-refractivity contribution is 0.745. The molecule has 0 aliphatic rings. The van der Waals surface area contributed by atoms with Crippen molar-refractivity contribution in [3.05, 3.63) is 41.2 Å². The van der Waals surface area contributed by atoms with Crippen molar-refractivity contribution in [3.8, 4) is 11.8 Å². The van der Waals surface area contributed by atoms with Gasteiger partial charge in [-0.1, -0.05) is 30.7 Å². The third kappa shape index (κ3) is 2.18. The molecule has 0 amide bonds. The number of benzene rings is 1. The predicted octanol–water partition coefficient (Wildman–Crippen LogP) is 2.40. The quantitative estimate of drug-likeness (QED) is 0.807. The maximum Gasteiger partial charge on any atom is 0.186 e. The highest BCUT2D eigenvalue weighted by atomic mass is 15.4. The Morgan fingerprint density at radius 2 is 2.24 bits per heavy atom. The van der Waals surface area contributed by atoms with Crippen LogP contribution in [0.5, 0.6) is 0 Å². The first-order valence-corrected chi connectivity index (χ1v) is 5.68. The first kappa shape index (κ1) is 11.3. The molecule has 1 heterocycles. The molecule has 0 bridgehead atoms. The number of hydrogen-bond donors (Lipinski definition) is 0. The predicted molar refractivity (Wildman–Crippen MR) is 64.8 cm³/mol. The molecule has 0 saturated carbocycles. The molecule has 0 atom stereocenters. The van der Waals surface area contributed by atoms with Gasteiger partial charge in [0, 0.05) is 0 Å². The second-order valence-corrected chi connectivity index (χ2v) is 4.00. The Morgan fingerprint density at radius 1 is 1.41 bits per heavy atom. The number of rotatable bonds is 3. The number of aromatic nitrogens is 3. The highest BCUT2D eigenvalue weighted by Gasteiger charge is 2.12. The van der Waals surface area contributed by atoms with Gasteiger partial charge in [-0.25, -0.2) is 4.68 Å². The van der Waals surface area contributed by atoms with Crippen LogP contribution in [0.25, 0.3) is 5.69 Å². The number of nitrogens with zero attached hydrogens (tertiary/aromatic N) is 4. The third-order valence-corrected chi connectivity index (χ3v) is 2.60. The van der Waals surface area contributed by atoms with E-state index in [0.717, 1.165) is 24.2 Å². The van der Waals surface area contributed by atoms with Gasteiger partial charge in [0.25, 0.3) is 0 Å². The second kappa shape index (κ2) is 4.79. The van der Waals surface area contributed by atoms with Crippen molar-refractivity contribution in [1.29, 1.82) is 5.26 Å². The van der Waals surface area contributed by atoms with E-state index in [4.69, 9.17) is 5.26 Å². The maximum absolute atomic E-state index is 8.99. The van der Waals surface area contributed by atoms with Gasteiger partial charge in [-0.3, -0.25) is 0 Å². The first-order valence-electron chi connectivity index (χ1n) is 5.68. The van der Waals surface area contributed by atoms with E-state index >= 15 is 0 Å². The summed E-state index contributed by atoms with van der Waals surface area (Å²) in [6, 6.07) is 10.1. The molecule has 2 aromatic rings. The van der Waals surface area contributed by atoms with Gasteiger partial charge in [-0.05, 0) is 31.0 Å². The molecule has 0 saturated heterocycles. The topological polar surface area (TPSA) is 54.5 Å². The van der Waals surface area contributed by atoms with Gasteiger partial charge in [0.2, 0.25) is 0 Å². The Balaban J connectivity index is 2.52. The van der Waals surface area contributed by atoms with E-state index in [1.54, 1.807) is 4.68 Å². The minimum atomic E-state index is 0.424. The van der Waals surface area contributed by atoms with Crippen molar-refractivity contribution >= 4 is 0 Å². The van der Waals surface area contributed by atoms with Crippen LogP contribution in [-0.4, -0.2) is 15.0 Å². The lowest BCUT2D eigenvalue weighted by Crippen LogP contribution is -2.03. The molecule has 0 fully saturated rings. The van der Waals surface area contributed by atoms with Crippen molar-refractivity contribution in [2.24, 2.45) is 0 Å². The van der Waals surface area contributed by atoms with Gasteiger partial charge in [-0.2, -0.15) is 5.26 Å². The Bertz CT molecular complexity index is 563. The van der Waals surface area contributed by atoms with E-state index in [2.05, 4.69) is 23.3 Å². The largest absolute Gasteiger partial charge is 0.216 e. The van der Waals surface area contributed by atoms with Gasteiger partial charge in [-0.15, -0.1) is 5.10 Å². The Morgan fingerprint density at radius 3 is 2.88 bits per heavy atom. The molecule has 0 unspecified atom stereocenters. The monoisotopic (exact) mass is 226 g/mol. The molecule has 86 valence electrons. The maximum atomic E-state index is 8.99. The molecule has 1 aromatic heterocycles. The minimum absolute atomic E-state index is 0.424. The van der Waals surface area contributed by atoms with Gasteiger partial charge >= 0.3 is 0 Å². The zero-order valence-electron chi connectivity index (χ0n) is 10.0. The molecular weight excluding hydrogens is 212 g/mol. The molecule has 0 spiro atoms. The number of aryl methyl sites for hydroxylation is 1. The normalized spacial score (nSPS) is 10.2. The molecule has 0 aliphatic carbocycles. The van der Waals surface area contributed by atoms with Crippen molar-refractivity contribution < 1.29 is 0 Å². The van der Waals surface area contributed by atoms with Crippen LogP contribution >= 0.6 is 0 Å². The molecule has 4 nitrogen and oxygen atoms in total. The van der Waals surface area contributed by atoms with Gasteiger partial charge < -0.3 is 0 Å². The average molecular weight is 226 g/mol. The summed E-state index contributed by atoms with van der Waals surface area (Å²) in [5, 5.41) is 17.0. The Labute approximate surface area is 101 Å². The molecule has 17 heavy (non-hydrogen) atoms. The molecular formula is C13H14N4. The zero-order chi connectivity index (χ0) is 12.3. The highest BCUT2D eigenvalue weighted by molar-refractivity contribution is 5.38. The van der Waals surface area contributed by atoms with Crippen molar-refractivity contribution in [1.82, 2.24) is 15.0 Å². The van der Waals surface area contributed by atoms with Crippen molar-refractivity contribution in [3.63, 3.8) is 0 Å². The lowest BCUT2D eigenvalue weighted by atomic mass is 10.2. The van der Waals surface area contributed by atoms with Gasteiger partial charge in [0.15, 0.2) is 5.69 Å². The average Bonchev–Trinajstić information content (AvgIpc) is 2.72. The summed E-state index contributed by atoms with van der Waals surface area (Å²) >= 11 is 0. The molecule has 0 radical (unpaired) electrons. The highest BCUT2D eigenvalue weighted by Crippen LogP contribution is 2.15. The van der Waals surface area contributed by atoms with Crippen LogP contribution in [-0.2, 0) is 6.42 Å². The molecule has 4 heteroatoms. The fourth-order valence-electron chi connectivity index (χ4n) is 1.82. The van der Waals surface area contributed by atoms with E-state index in [9.17, 15) is 0 Å². The van der Waals surface area contributed by atoms with E-state index in [-0.39, 0.29) is 0 Å². The van der Waals surface area contributed by atoms with E-state index in [1.807, 2.05) is 31.2 Å². The van der Waals surface area contributed by atoms with Gasteiger partial charge in [0.05, 0.1) is 11.4 Å². The van der Waals surface area contributed by atoms with Crippen LogP contribution in [0.1, 0.15) is 30.3 Å². The Kier molecular flexibility index (Phi) is 3.20. The molecule has 1 aromatic carbocycles. The van der Waals surface area contributed by atoms with Crippen LogP contribution in [0, 0.1) is 18.3 Å². The molecule has 2 rings (SSSR count). The van der Waals surface area contributed by atoms with E-state index in [0.29, 0.717) is 5.69 Å². The number of hydrogen-bond acceptors (Lipinski definition) is 3. The van der Waals surface area contributed by atoms with Crippen LogP contribution in [0.15, 0.2) is 24.3 Å². The van der Waals surface area contributed by atoms with Gasteiger partial charge in [0.1, 0.15) is 6.07 Å². The summed E-state index contributed by atoms with van der Waals surface area (Å²) in [7, 11) is 0. The molecule has 0 N–H and O–H groups in total. The molecule has 0 aliphatic heterocycles. The van der Waals surface area contributed by atoms with Crippen LogP contribution < -0.4 is 0 Å². The number of nitriles is 1. The van der Waals surface area contributed by atoms with Crippen LogP contribution in [0.2, 0.25) is 0 Å². The fraction of sp³-hybridized carbons (Fsp3) is 0.308. The first-order chi connectivity index (χ1) is 8.26.